The second-order valence-electron chi connectivity index (χ2n) is 3.89. The van der Waals surface area contributed by atoms with E-state index in [-0.39, 0.29) is 6.54 Å². The first-order valence-corrected chi connectivity index (χ1v) is 5.49. The predicted octanol–water partition coefficient (Wildman–Crippen LogP) is 2.02. The van der Waals surface area contributed by atoms with E-state index < -0.39 is 6.43 Å². The average Bonchev–Trinajstić information content (AvgIpc) is 2.71. The van der Waals surface area contributed by atoms with Crippen LogP contribution in [0.5, 0.6) is 5.75 Å². The van der Waals surface area contributed by atoms with Crippen molar-refractivity contribution in [3.05, 3.63) is 29.3 Å². The zero-order chi connectivity index (χ0) is 11.4. The van der Waals surface area contributed by atoms with Crippen LogP contribution in [-0.4, -0.2) is 26.1 Å². The van der Waals surface area contributed by atoms with Gasteiger partial charge in [0.2, 0.25) is 0 Å². The van der Waals surface area contributed by atoms with Gasteiger partial charge in [0.15, 0.2) is 0 Å². The van der Waals surface area contributed by atoms with Crippen LogP contribution in [0.4, 0.5) is 8.78 Å². The van der Waals surface area contributed by atoms with Gasteiger partial charge >= 0.3 is 0 Å². The average molecular weight is 227 g/mol. The van der Waals surface area contributed by atoms with Crippen LogP contribution in [0.25, 0.3) is 0 Å². The Kier molecular flexibility index (Phi) is 3.72. The lowest BCUT2D eigenvalue weighted by Crippen LogP contribution is -2.23. The summed E-state index contributed by atoms with van der Waals surface area (Å²) in [5.74, 6) is 0.962. The Labute approximate surface area is 93.6 Å². The van der Waals surface area contributed by atoms with Crippen LogP contribution in [0, 0.1) is 0 Å². The summed E-state index contributed by atoms with van der Waals surface area (Å²) < 4.78 is 29.1. The molecular weight excluding hydrogens is 212 g/mol. The highest BCUT2D eigenvalue weighted by molar-refractivity contribution is 5.39. The number of hydrogen-bond acceptors (Lipinski definition) is 2. The topological polar surface area (TPSA) is 21.3 Å². The maximum absolute atomic E-state index is 11.9. The van der Waals surface area contributed by atoms with E-state index >= 15 is 0 Å². The smallest absolute Gasteiger partial charge is 0.250 e. The summed E-state index contributed by atoms with van der Waals surface area (Å²) in [5, 5.41) is 2.72. The van der Waals surface area contributed by atoms with Gasteiger partial charge in [-0.2, -0.15) is 0 Å². The molecule has 1 aliphatic rings. The fourth-order valence-electron chi connectivity index (χ4n) is 1.84. The van der Waals surface area contributed by atoms with Gasteiger partial charge in [-0.05, 0) is 30.2 Å². The third kappa shape index (κ3) is 2.92. The largest absolute Gasteiger partial charge is 0.493 e. The number of halogens is 2. The fourth-order valence-corrected chi connectivity index (χ4v) is 1.84. The van der Waals surface area contributed by atoms with E-state index in [2.05, 4.69) is 11.4 Å². The molecule has 1 N–H and O–H groups in total. The van der Waals surface area contributed by atoms with E-state index in [1.54, 1.807) is 0 Å². The number of rotatable bonds is 5. The molecule has 0 unspecified atom stereocenters. The van der Waals surface area contributed by atoms with Crippen LogP contribution in [-0.2, 0) is 12.8 Å². The number of ether oxygens (including phenoxy) is 1. The molecule has 2 rings (SSSR count). The number of alkyl halides is 2. The van der Waals surface area contributed by atoms with Crippen LogP contribution in [0.3, 0.4) is 0 Å². The van der Waals surface area contributed by atoms with Gasteiger partial charge in [0.1, 0.15) is 5.75 Å². The molecule has 0 amide bonds. The normalized spacial score (nSPS) is 13.9. The molecule has 2 nitrogen and oxygen atoms in total. The number of fused-ring (bicyclic) bond motifs is 1. The monoisotopic (exact) mass is 227 g/mol. The van der Waals surface area contributed by atoms with Gasteiger partial charge in [-0.1, -0.05) is 12.1 Å². The van der Waals surface area contributed by atoms with E-state index in [4.69, 9.17) is 4.74 Å². The summed E-state index contributed by atoms with van der Waals surface area (Å²) in [6.07, 6.45) is -0.540. The van der Waals surface area contributed by atoms with Crippen molar-refractivity contribution in [2.24, 2.45) is 0 Å². The highest BCUT2D eigenvalue weighted by atomic mass is 19.3. The Morgan fingerprint density at radius 1 is 1.38 bits per heavy atom. The first kappa shape index (κ1) is 11.3. The van der Waals surface area contributed by atoms with E-state index in [1.807, 2.05) is 12.1 Å². The van der Waals surface area contributed by atoms with Gasteiger partial charge < -0.3 is 10.1 Å². The van der Waals surface area contributed by atoms with Crippen molar-refractivity contribution in [2.45, 2.75) is 19.3 Å². The molecule has 0 aliphatic carbocycles. The molecule has 1 heterocycles. The first-order chi connectivity index (χ1) is 7.75. The molecule has 0 saturated heterocycles. The zero-order valence-corrected chi connectivity index (χ0v) is 9.01. The lowest BCUT2D eigenvalue weighted by molar-refractivity contribution is 0.146. The van der Waals surface area contributed by atoms with Crippen LogP contribution in [0.15, 0.2) is 18.2 Å². The van der Waals surface area contributed by atoms with Crippen molar-refractivity contribution in [1.82, 2.24) is 5.32 Å². The Morgan fingerprint density at radius 2 is 2.25 bits per heavy atom. The molecule has 1 aromatic carbocycles. The van der Waals surface area contributed by atoms with Crippen LogP contribution < -0.4 is 10.1 Å². The molecule has 1 aromatic rings. The van der Waals surface area contributed by atoms with Gasteiger partial charge in [0.05, 0.1) is 13.2 Å². The van der Waals surface area contributed by atoms with E-state index in [1.165, 1.54) is 11.1 Å². The summed E-state index contributed by atoms with van der Waals surface area (Å²) >= 11 is 0. The summed E-state index contributed by atoms with van der Waals surface area (Å²) in [7, 11) is 0. The maximum Gasteiger partial charge on any atom is 0.250 e. The Morgan fingerprint density at radius 3 is 3.06 bits per heavy atom. The molecule has 4 heteroatoms. The van der Waals surface area contributed by atoms with Crippen LogP contribution >= 0.6 is 0 Å². The van der Waals surface area contributed by atoms with E-state index in [0.29, 0.717) is 6.54 Å². The zero-order valence-electron chi connectivity index (χ0n) is 9.01. The fraction of sp³-hybridized carbons (Fsp3) is 0.500. The highest BCUT2D eigenvalue weighted by Gasteiger charge is 2.11. The summed E-state index contributed by atoms with van der Waals surface area (Å²) in [5.41, 5.74) is 2.40. The van der Waals surface area contributed by atoms with Crippen molar-refractivity contribution >= 4 is 0 Å². The van der Waals surface area contributed by atoms with Gasteiger partial charge in [-0.3, -0.25) is 0 Å². The minimum absolute atomic E-state index is 0.228. The molecule has 0 fully saturated rings. The quantitative estimate of drug-likeness (QED) is 0.777. The third-order valence-corrected chi connectivity index (χ3v) is 2.64. The molecule has 0 saturated carbocycles. The summed E-state index contributed by atoms with van der Waals surface area (Å²) in [6, 6.07) is 6.06. The predicted molar refractivity (Wildman–Crippen MR) is 58.2 cm³/mol. The Balaban J connectivity index is 1.81. The summed E-state index contributed by atoms with van der Waals surface area (Å²) in [6.45, 7) is 1.11. The van der Waals surface area contributed by atoms with Crippen molar-refractivity contribution < 1.29 is 13.5 Å². The lowest BCUT2D eigenvalue weighted by Gasteiger charge is -2.05. The van der Waals surface area contributed by atoms with Crippen molar-refractivity contribution in [3.8, 4) is 5.75 Å². The van der Waals surface area contributed by atoms with E-state index in [9.17, 15) is 8.78 Å². The SMILES string of the molecule is FC(F)CNCCc1ccc2c(c1)CCO2. The summed E-state index contributed by atoms with van der Waals surface area (Å²) in [4.78, 5) is 0. The highest BCUT2D eigenvalue weighted by Crippen LogP contribution is 2.25. The molecular formula is C12H15F2NO. The second kappa shape index (κ2) is 5.25. The lowest BCUT2D eigenvalue weighted by atomic mass is 10.1. The van der Waals surface area contributed by atoms with Crippen LogP contribution in [0.2, 0.25) is 0 Å². The third-order valence-electron chi connectivity index (χ3n) is 2.64. The number of benzene rings is 1. The van der Waals surface area contributed by atoms with Crippen LogP contribution in [0.1, 0.15) is 11.1 Å². The first-order valence-electron chi connectivity index (χ1n) is 5.49. The van der Waals surface area contributed by atoms with Gasteiger partial charge in [-0.15, -0.1) is 0 Å². The maximum atomic E-state index is 11.9. The standard InChI is InChI=1S/C12H15F2NO/c13-12(14)8-15-5-3-9-1-2-11-10(7-9)4-6-16-11/h1-2,7,12,15H,3-6,8H2. The molecule has 0 bridgehead atoms. The number of hydrogen-bond donors (Lipinski definition) is 1. The van der Waals surface area contributed by atoms with Gasteiger partial charge in [-0.25, -0.2) is 8.78 Å². The van der Waals surface area contributed by atoms with Gasteiger partial charge in [0, 0.05) is 6.42 Å². The molecule has 0 aromatic heterocycles. The minimum atomic E-state index is -2.27. The second-order valence-corrected chi connectivity index (χ2v) is 3.89. The molecule has 0 radical (unpaired) electrons. The van der Waals surface area contributed by atoms with Crippen molar-refractivity contribution in [2.75, 3.05) is 19.7 Å². The van der Waals surface area contributed by atoms with Crippen molar-refractivity contribution in [1.29, 1.82) is 0 Å². The molecule has 1 aliphatic heterocycles. The Bertz CT molecular complexity index is 355. The van der Waals surface area contributed by atoms with Crippen molar-refractivity contribution in [3.63, 3.8) is 0 Å². The van der Waals surface area contributed by atoms with E-state index in [0.717, 1.165) is 25.2 Å². The minimum Gasteiger partial charge on any atom is -0.493 e. The Hall–Kier alpha value is -1.16. The number of nitrogens with one attached hydrogen (secondary N) is 1. The van der Waals surface area contributed by atoms with Gasteiger partial charge in [0.25, 0.3) is 6.43 Å². The molecule has 16 heavy (non-hydrogen) atoms. The molecule has 88 valence electrons. The molecule has 0 spiro atoms. The molecule has 0 atom stereocenters.